The topological polar surface area (TPSA) is 113 Å². The molecule has 1 heterocycles. The molecule has 0 unspecified atom stereocenters. The Kier molecular flexibility index (Phi) is 5.15. The van der Waals surface area contributed by atoms with Gasteiger partial charge in [-0.3, -0.25) is 14.9 Å². The van der Waals surface area contributed by atoms with Crippen molar-refractivity contribution < 1.29 is 24.0 Å². The number of methoxy groups -OCH3 is 1. The van der Waals surface area contributed by atoms with Crippen LogP contribution < -0.4 is 10.1 Å². The van der Waals surface area contributed by atoms with E-state index in [0.29, 0.717) is 5.69 Å². The van der Waals surface area contributed by atoms with Crippen molar-refractivity contribution in [2.75, 3.05) is 19.0 Å². The van der Waals surface area contributed by atoms with Crippen LogP contribution in [-0.2, 0) is 16.6 Å². The third-order valence-corrected chi connectivity index (χ3v) is 3.16. The Bertz CT molecular complexity index is 783. The number of aryl methyl sites for hydroxylation is 1. The van der Waals surface area contributed by atoms with Gasteiger partial charge in [0.05, 0.1) is 23.8 Å². The van der Waals surface area contributed by atoms with Crippen LogP contribution in [0.15, 0.2) is 36.5 Å². The molecule has 0 atom stereocenters. The second kappa shape index (κ2) is 7.27. The molecule has 0 fully saturated rings. The fraction of sp³-hybridized carbons (Fsp3) is 0.200. The van der Waals surface area contributed by atoms with Crippen molar-refractivity contribution >= 4 is 23.3 Å². The largest absolute Gasteiger partial charge is 0.494 e. The highest BCUT2D eigenvalue weighted by Gasteiger charge is 2.16. The van der Waals surface area contributed by atoms with E-state index in [0.717, 1.165) is 0 Å². The summed E-state index contributed by atoms with van der Waals surface area (Å²) in [6, 6.07) is 7.01. The molecule has 9 nitrogen and oxygen atoms in total. The number of nitrogens with one attached hydrogen (secondary N) is 1. The van der Waals surface area contributed by atoms with Gasteiger partial charge < -0.3 is 19.4 Å². The van der Waals surface area contributed by atoms with E-state index in [2.05, 4.69) is 5.32 Å². The Morgan fingerprint density at radius 2 is 2.08 bits per heavy atom. The number of aromatic nitrogens is 1. The van der Waals surface area contributed by atoms with E-state index in [9.17, 15) is 19.7 Å². The summed E-state index contributed by atoms with van der Waals surface area (Å²) < 4.78 is 11.5. The summed E-state index contributed by atoms with van der Waals surface area (Å²) in [5.41, 5.74) is 0.388. The van der Waals surface area contributed by atoms with Crippen molar-refractivity contribution in [1.82, 2.24) is 4.57 Å². The number of ether oxygens (including phenoxy) is 2. The molecule has 0 aliphatic carbocycles. The average Bonchev–Trinajstić information content (AvgIpc) is 2.99. The molecule has 24 heavy (non-hydrogen) atoms. The number of hydrogen-bond acceptors (Lipinski definition) is 6. The highest BCUT2D eigenvalue weighted by molar-refractivity contribution is 5.96. The van der Waals surface area contributed by atoms with Gasteiger partial charge in [-0.1, -0.05) is 0 Å². The van der Waals surface area contributed by atoms with E-state index in [1.165, 1.54) is 25.3 Å². The van der Waals surface area contributed by atoms with Gasteiger partial charge in [0.15, 0.2) is 6.61 Å². The molecule has 0 saturated heterocycles. The minimum absolute atomic E-state index is 0.131. The fourth-order valence-corrected chi connectivity index (χ4v) is 1.96. The highest BCUT2D eigenvalue weighted by Crippen LogP contribution is 2.28. The summed E-state index contributed by atoms with van der Waals surface area (Å²) in [7, 11) is 3.00. The van der Waals surface area contributed by atoms with Crippen LogP contribution in [0.25, 0.3) is 0 Å². The van der Waals surface area contributed by atoms with Gasteiger partial charge in [0.2, 0.25) is 0 Å². The van der Waals surface area contributed by atoms with Gasteiger partial charge >= 0.3 is 5.97 Å². The SMILES string of the molecule is COc1cc([N+](=O)[O-])ccc1NC(=O)COC(=O)c1cccn1C. The summed E-state index contributed by atoms with van der Waals surface area (Å²) in [6.07, 6.45) is 1.68. The van der Waals surface area contributed by atoms with E-state index in [-0.39, 0.29) is 17.1 Å². The van der Waals surface area contributed by atoms with Crippen LogP contribution in [0.4, 0.5) is 11.4 Å². The standard InChI is InChI=1S/C15H15N3O6/c1-17-7-3-4-12(17)15(20)24-9-14(19)16-11-6-5-10(18(21)22)8-13(11)23-2/h3-8H,9H2,1-2H3,(H,16,19). The van der Waals surface area contributed by atoms with Gasteiger partial charge in [-0.2, -0.15) is 0 Å². The first-order chi connectivity index (χ1) is 11.4. The second-order valence-corrected chi connectivity index (χ2v) is 4.77. The maximum Gasteiger partial charge on any atom is 0.355 e. The fourth-order valence-electron chi connectivity index (χ4n) is 1.96. The summed E-state index contributed by atoms with van der Waals surface area (Å²) >= 11 is 0. The van der Waals surface area contributed by atoms with Crippen LogP contribution in [0.5, 0.6) is 5.75 Å². The zero-order chi connectivity index (χ0) is 17.7. The molecule has 126 valence electrons. The van der Waals surface area contributed by atoms with Crippen LogP contribution >= 0.6 is 0 Å². The molecule has 1 aromatic carbocycles. The third kappa shape index (κ3) is 3.88. The van der Waals surface area contributed by atoms with E-state index in [1.54, 1.807) is 29.9 Å². The van der Waals surface area contributed by atoms with Crippen LogP contribution in [0.3, 0.4) is 0 Å². The summed E-state index contributed by atoms with van der Waals surface area (Å²) in [5, 5.41) is 13.2. The van der Waals surface area contributed by atoms with Crippen molar-refractivity contribution in [2.45, 2.75) is 0 Å². The molecular formula is C15H15N3O6. The van der Waals surface area contributed by atoms with Crippen LogP contribution in [0.2, 0.25) is 0 Å². The molecule has 0 radical (unpaired) electrons. The summed E-state index contributed by atoms with van der Waals surface area (Å²) in [4.78, 5) is 33.8. The lowest BCUT2D eigenvalue weighted by atomic mass is 10.2. The van der Waals surface area contributed by atoms with Crippen molar-refractivity contribution in [3.63, 3.8) is 0 Å². The van der Waals surface area contributed by atoms with Crippen molar-refractivity contribution in [2.24, 2.45) is 7.05 Å². The van der Waals surface area contributed by atoms with E-state index in [4.69, 9.17) is 9.47 Å². The zero-order valence-corrected chi connectivity index (χ0v) is 13.0. The lowest BCUT2D eigenvalue weighted by molar-refractivity contribution is -0.384. The number of anilines is 1. The Hall–Kier alpha value is -3.36. The smallest absolute Gasteiger partial charge is 0.355 e. The Labute approximate surface area is 136 Å². The minimum Gasteiger partial charge on any atom is -0.494 e. The maximum atomic E-state index is 11.9. The van der Waals surface area contributed by atoms with Crippen molar-refractivity contribution in [3.8, 4) is 5.75 Å². The Balaban J connectivity index is 1.98. The average molecular weight is 333 g/mol. The highest BCUT2D eigenvalue weighted by atomic mass is 16.6. The number of nitro benzene ring substituents is 1. The Morgan fingerprint density at radius 3 is 2.67 bits per heavy atom. The quantitative estimate of drug-likeness (QED) is 0.489. The van der Waals surface area contributed by atoms with Crippen molar-refractivity contribution in [3.05, 3.63) is 52.3 Å². The molecule has 0 aliphatic rings. The molecular weight excluding hydrogens is 318 g/mol. The first-order valence-electron chi connectivity index (χ1n) is 6.83. The molecule has 2 rings (SSSR count). The van der Waals surface area contributed by atoms with Crippen molar-refractivity contribution in [1.29, 1.82) is 0 Å². The first-order valence-corrected chi connectivity index (χ1v) is 6.83. The van der Waals surface area contributed by atoms with Gasteiger partial charge in [0.1, 0.15) is 11.4 Å². The number of nitrogens with zero attached hydrogens (tertiary/aromatic N) is 2. The number of nitro groups is 1. The van der Waals surface area contributed by atoms with Gasteiger partial charge in [-0.25, -0.2) is 4.79 Å². The summed E-state index contributed by atoms with van der Waals surface area (Å²) in [5.74, 6) is -1.09. The van der Waals surface area contributed by atoms with Gasteiger partial charge in [0.25, 0.3) is 11.6 Å². The number of amides is 1. The molecule has 0 spiro atoms. The normalized spacial score (nSPS) is 10.1. The predicted octanol–water partition coefficient (Wildman–Crippen LogP) is 1.74. The number of non-ortho nitro benzene ring substituents is 1. The molecule has 1 aromatic heterocycles. The second-order valence-electron chi connectivity index (χ2n) is 4.77. The minimum atomic E-state index is -0.631. The van der Waals surface area contributed by atoms with E-state index in [1.807, 2.05) is 0 Å². The third-order valence-electron chi connectivity index (χ3n) is 3.16. The van der Waals surface area contributed by atoms with Crippen LogP contribution in [0.1, 0.15) is 10.5 Å². The monoisotopic (exact) mass is 333 g/mol. The number of esters is 1. The molecule has 0 bridgehead atoms. The lowest BCUT2D eigenvalue weighted by Crippen LogP contribution is -2.22. The predicted molar refractivity (Wildman–Crippen MR) is 84.0 cm³/mol. The van der Waals surface area contributed by atoms with Crippen LogP contribution in [0, 0.1) is 10.1 Å². The number of benzene rings is 1. The number of carbonyl (C=O) groups excluding carboxylic acids is 2. The zero-order valence-electron chi connectivity index (χ0n) is 13.0. The molecule has 1 amide bonds. The molecule has 1 N–H and O–H groups in total. The Morgan fingerprint density at radius 1 is 1.33 bits per heavy atom. The van der Waals surface area contributed by atoms with E-state index < -0.39 is 23.4 Å². The van der Waals surface area contributed by atoms with Crippen LogP contribution in [-0.4, -0.2) is 35.1 Å². The number of carbonyl (C=O) groups is 2. The molecule has 9 heteroatoms. The molecule has 0 aliphatic heterocycles. The first kappa shape index (κ1) is 17.0. The van der Waals surface area contributed by atoms with Gasteiger partial charge in [-0.05, 0) is 18.2 Å². The maximum absolute atomic E-state index is 11.9. The van der Waals surface area contributed by atoms with Gasteiger partial charge in [0, 0.05) is 19.3 Å². The molecule has 2 aromatic rings. The molecule has 0 saturated carbocycles. The summed E-state index contributed by atoms with van der Waals surface area (Å²) in [6.45, 7) is -0.496. The number of hydrogen-bond donors (Lipinski definition) is 1. The van der Waals surface area contributed by atoms with E-state index >= 15 is 0 Å². The lowest BCUT2D eigenvalue weighted by Gasteiger charge is -2.10. The number of rotatable bonds is 6. The van der Waals surface area contributed by atoms with Gasteiger partial charge in [-0.15, -0.1) is 0 Å².